The molecule has 0 aliphatic heterocycles. The van der Waals surface area contributed by atoms with E-state index in [9.17, 15) is 4.79 Å². The highest BCUT2D eigenvalue weighted by Crippen LogP contribution is 2.22. The van der Waals surface area contributed by atoms with Crippen LogP contribution in [-0.2, 0) is 4.79 Å². The van der Waals surface area contributed by atoms with Gasteiger partial charge >= 0.3 is 0 Å². The van der Waals surface area contributed by atoms with Crippen LogP contribution in [0.1, 0.15) is 25.7 Å². The van der Waals surface area contributed by atoms with Gasteiger partial charge in [-0.15, -0.1) is 0 Å². The molecule has 0 aliphatic carbocycles. The van der Waals surface area contributed by atoms with Gasteiger partial charge in [-0.3, -0.25) is 0 Å². The van der Waals surface area contributed by atoms with E-state index in [0.717, 1.165) is 48.8 Å². The lowest BCUT2D eigenvalue weighted by Crippen LogP contribution is -2.04. The molecule has 1 aromatic carbocycles. The summed E-state index contributed by atoms with van der Waals surface area (Å²) < 4.78 is 0. The van der Waals surface area contributed by atoms with Gasteiger partial charge in [-0.05, 0) is 31.0 Å². The summed E-state index contributed by atoms with van der Waals surface area (Å²) in [7, 11) is 0. The van der Waals surface area contributed by atoms with Crippen molar-refractivity contribution in [1.82, 2.24) is 9.97 Å². The average Bonchev–Trinajstić information content (AvgIpc) is 2.43. The molecule has 5 heteroatoms. The van der Waals surface area contributed by atoms with Crippen molar-refractivity contribution in [2.75, 3.05) is 11.9 Å². The number of hydrogen-bond donors (Lipinski definition) is 1. The lowest BCUT2D eigenvalue weighted by molar-refractivity contribution is -0.107. The monoisotopic (exact) mass is 277 g/mol. The zero-order chi connectivity index (χ0) is 13.5. The Bertz CT molecular complexity index is 559. The fourth-order valence-corrected chi connectivity index (χ4v) is 2.08. The van der Waals surface area contributed by atoms with Gasteiger partial charge in [0.15, 0.2) is 0 Å². The quantitative estimate of drug-likeness (QED) is 0.622. The molecule has 0 atom stereocenters. The smallest absolute Gasteiger partial charge is 0.137 e. The van der Waals surface area contributed by atoms with E-state index in [1.165, 1.54) is 0 Å². The number of aldehydes is 1. The van der Waals surface area contributed by atoms with Crippen LogP contribution in [0.25, 0.3) is 10.9 Å². The molecule has 0 saturated carbocycles. The molecular formula is C14H16ClN3O. The topological polar surface area (TPSA) is 54.9 Å². The summed E-state index contributed by atoms with van der Waals surface area (Å²) in [5.41, 5.74) is 0.878. The fourth-order valence-electron chi connectivity index (χ4n) is 1.91. The third-order valence-corrected chi connectivity index (χ3v) is 3.12. The van der Waals surface area contributed by atoms with E-state index in [2.05, 4.69) is 15.3 Å². The first kappa shape index (κ1) is 13.7. The standard InChI is InChI=1S/C14H16ClN3O/c15-11-5-6-13-12(9-11)14(18-10-17-13)16-7-3-1-2-4-8-19/h5-6,8-10H,1-4,7H2,(H,16,17,18). The molecule has 1 aromatic heterocycles. The molecule has 4 nitrogen and oxygen atoms in total. The number of hydrogen-bond acceptors (Lipinski definition) is 4. The largest absolute Gasteiger partial charge is 0.369 e. The third kappa shape index (κ3) is 3.89. The maximum atomic E-state index is 10.2. The lowest BCUT2D eigenvalue weighted by atomic mass is 10.2. The summed E-state index contributed by atoms with van der Waals surface area (Å²) in [5.74, 6) is 0.808. The zero-order valence-corrected chi connectivity index (χ0v) is 11.4. The number of halogens is 1. The molecule has 19 heavy (non-hydrogen) atoms. The van der Waals surface area contributed by atoms with Crippen molar-refractivity contribution in [1.29, 1.82) is 0 Å². The first-order valence-electron chi connectivity index (χ1n) is 6.39. The van der Waals surface area contributed by atoms with Crippen molar-refractivity contribution < 1.29 is 4.79 Å². The molecule has 1 N–H and O–H groups in total. The minimum atomic E-state index is 0.645. The van der Waals surface area contributed by atoms with E-state index < -0.39 is 0 Å². The minimum Gasteiger partial charge on any atom is -0.369 e. The van der Waals surface area contributed by atoms with Crippen LogP contribution in [0.4, 0.5) is 5.82 Å². The molecule has 0 aliphatic rings. The summed E-state index contributed by atoms with van der Waals surface area (Å²) in [6, 6.07) is 5.57. The molecule has 0 unspecified atom stereocenters. The normalized spacial score (nSPS) is 10.6. The van der Waals surface area contributed by atoms with Crippen LogP contribution in [0.15, 0.2) is 24.5 Å². The highest BCUT2D eigenvalue weighted by Gasteiger charge is 2.03. The second-order valence-corrected chi connectivity index (χ2v) is 4.76. The Labute approximate surface area is 117 Å². The second kappa shape index (κ2) is 7.04. The number of unbranched alkanes of at least 4 members (excludes halogenated alkanes) is 3. The predicted molar refractivity (Wildman–Crippen MR) is 77.6 cm³/mol. The molecule has 0 spiro atoms. The summed E-state index contributed by atoms with van der Waals surface area (Å²) >= 11 is 5.99. The van der Waals surface area contributed by atoms with E-state index in [0.29, 0.717) is 11.4 Å². The highest BCUT2D eigenvalue weighted by atomic mass is 35.5. The maximum absolute atomic E-state index is 10.2. The van der Waals surface area contributed by atoms with Crippen LogP contribution in [0.2, 0.25) is 5.02 Å². The van der Waals surface area contributed by atoms with E-state index in [1.807, 2.05) is 18.2 Å². The van der Waals surface area contributed by atoms with Gasteiger partial charge in [0, 0.05) is 23.4 Å². The number of aromatic nitrogens is 2. The van der Waals surface area contributed by atoms with Gasteiger partial charge in [0.05, 0.1) is 5.52 Å². The number of carbonyl (C=O) groups excluding carboxylic acids is 1. The number of nitrogens with one attached hydrogen (secondary N) is 1. The summed E-state index contributed by atoms with van der Waals surface area (Å²) in [5, 5.41) is 4.90. The summed E-state index contributed by atoms with van der Waals surface area (Å²) in [6.45, 7) is 0.831. The summed E-state index contributed by atoms with van der Waals surface area (Å²) in [4.78, 5) is 18.6. The molecular weight excluding hydrogens is 262 g/mol. The second-order valence-electron chi connectivity index (χ2n) is 4.33. The maximum Gasteiger partial charge on any atom is 0.137 e. The van der Waals surface area contributed by atoms with Crippen LogP contribution in [0.5, 0.6) is 0 Å². The first-order valence-corrected chi connectivity index (χ1v) is 6.77. The Morgan fingerprint density at radius 2 is 2.11 bits per heavy atom. The molecule has 0 fully saturated rings. The van der Waals surface area contributed by atoms with Crippen LogP contribution >= 0.6 is 11.6 Å². The van der Waals surface area contributed by atoms with Gasteiger partial charge in [-0.1, -0.05) is 18.0 Å². The Morgan fingerprint density at radius 3 is 2.95 bits per heavy atom. The van der Waals surface area contributed by atoms with Gasteiger partial charge in [0.2, 0.25) is 0 Å². The van der Waals surface area contributed by atoms with Crippen molar-refractivity contribution in [2.45, 2.75) is 25.7 Å². The number of anilines is 1. The van der Waals surface area contributed by atoms with E-state index in [1.54, 1.807) is 6.33 Å². The molecule has 2 rings (SSSR count). The zero-order valence-electron chi connectivity index (χ0n) is 10.6. The van der Waals surface area contributed by atoms with E-state index >= 15 is 0 Å². The Balaban J connectivity index is 1.96. The SMILES string of the molecule is O=CCCCCCNc1ncnc2ccc(Cl)cc12. The molecule has 2 aromatic rings. The van der Waals surface area contributed by atoms with Crippen molar-refractivity contribution in [3.05, 3.63) is 29.5 Å². The fraction of sp³-hybridized carbons (Fsp3) is 0.357. The van der Waals surface area contributed by atoms with E-state index in [-0.39, 0.29) is 0 Å². The van der Waals surface area contributed by atoms with Gasteiger partial charge in [-0.25, -0.2) is 9.97 Å². The van der Waals surface area contributed by atoms with Crippen molar-refractivity contribution in [3.8, 4) is 0 Å². The van der Waals surface area contributed by atoms with Crippen LogP contribution in [0, 0.1) is 0 Å². The van der Waals surface area contributed by atoms with Crippen molar-refractivity contribution in [2.24, 2.45) is 0 Å². The number of nitrogens with zero attached hydrogens (tertiary/aromatic N) is 2. The predicted octanol–water partition coefficient (Wildman–Crippen LogP) is 3.45. The van der Waals surface area contributed by atoms with Crippen LogP contribution < -0.4 is 5.32 Å². The van der Waals surface area contributed by atoms with Gasteiger partial charge in [-0.2, -0.15) is 0 Å². The van der Waals surface area contributed by atoms with Crippen LogP contribution in [0.3, 0.4) is 0 Å². The summed E-state index contributed by atoms with van der Waals surface area (Å²) in [6.07, 6.45) is 6.15. The van der Waals surface area contributed by atoms with Crippen LogP contribution in [-0.4, -0.2) is 22.8 Å². The number of fused-ring (bicyclic) bond motifs is 1. The Morgan fingerprint density at radius 1 is 1.21 bits per heavy atom. The minimum absolute atomic E-state index is 0.645. The van der Waals surface area contributed by atoms with Crippen molar-refractivity contribution in [3.63, 3.8) is 0 Å². The molecule has 0 bridgehead atoms. The third-order valence-electron chi connectivity index (χ3n) is 2.89. The molecule has 1 heterocycles. The van der Waals surface area contributed by atoms with Gasteiger partial charge < -0.3 is 10.1 Å². The van der Waals surface area contributed by atoms with E-state index in [4.69, 9.17) is 11.6 Å². The number of carbonyl (C=O) groups is 1. The molecule has 0 amide bonds. The molecule has 0 saturated heterocycles. The highest BCUT2D eigenvalue weighted by molar-refractivity contribution is 6.31. The Kier molecular flexibility index (Phi) is 5.10. The average molecular weight is 278 g/mol. The van der Waals surface area contributed by atoms with Gasteiger partial charge in [0.1, 0.15) is 18.4 Å². The van der Waals surface area contributed by atoms with Gasteiger partial charge in [0.25, 0.3) is 0 Å². The molecule has 100 valence electrons. The number of rotatable bonds is 7. The lowest BCUT2D eigenvalue weighted by Gasteiger charge is -2.08. The molecule has 0 radical (unpaired) electrons. The Hall–Kier alpha value is -1.68. The number of benzene rings is 1. The van der Waals surface area contributed by atoms with Crippen molar-refractivity contribution >= 4 is 34.6 Å². The first-order chi connectivity index (χ1) is 9.31.